The van der Waals surface area contributed by atoms with E-state index in [1.165, 1.54) is 7.11 Å². The zero-order valence-electron chi connectivity index (χ0n) is 6.10. The fourth-order valence-electron chi connectivity index (χ4n) is 0.387. The molecule has 0 fully saturated rings. The van der Waals surface area contributed by atoms with E-state index in [1.807, 2.05) is 13.8 Å². The molecule has 3 heteroatoms. The molecule has 1 N–H and O–H groups in total. The summed E-state index contributed by atoms with van der Waals surface area (Å²) in [7, 11) is 1.43. The largest absolute Gasteiger partial charge is 0.277 e. The Bertz CT molecular complexity index is 93.1. The topological polar surface area (TPSA) is 38.3 Å². The Morgan fingerprint density at radius 1 is 1.78 bits per heavy atom. The molecule has 0 aromatic heterocycles. The van der Waals surface area contributed by atoms with E-state index in [0.29, 0.717) is 0 Å². The maximum absolute atomic E-state index is 10.7. The molecule has 0 bridgehead atoms. The molecular formula is C6H13NO2. The van der Waals surface area contributed by atoms with Crippen LogP contribution in [0.5, 0.6) is 0 Å². The Hall–Kier alpha value is -0.570. The minimum absolute atomic E-state index is 0.0462. The molecule has 0 aliphatic heterocycles. The SMILES string of the molecule is CCC(C)C(=O)NOC. The first kappa shape index (κ1) is 8.43. The van der Waals surface area contributed by atoms with Crippen molar-refractivity contribution in [1.82, 2.24) is 5.48 Å². The summed E-state index contributed by atoms with van der Waals surface area (Å²) in [4.78, 5) is 15.2. The van der Waals surface area contributed by atoms with Crippen LogP contribution in [0.1, 0.15) is 20.3 Å². The van der Waals surface area contributed by atoms with Gasteiger partial charge in [-0.3, -0.25) is 9.63 Å². The van der Waals surface area contributed by atoms with Crippen LogP contribution in [0.2, 0.25) is 0 Å². The van der Waals surface area contributed by atoms with E-state index in [-0.39, 0.29) is 11.8 Å². The van der Waals surface area contributed by atoms with Gasteiger partial charge in [0.15, 0.2) is 0 Å². The zero-order chi connectivity index (χ0) is 7.28. The fraction of sp³-hybridized carbons (Fsp3) is 0.833. The number of hydrogen-bond donors (Lipinski definition) is 1. The average Bonchev–Trinajstić information content (AvgIpc) is 1.87. The highest BCUT2D eigenvalue weighted by Crippen LogP contribution is 1.98. The van der Waals surface area contributed by atoms with Gasteiger partial charge < -0.3 is 0 Å². The standard InChI is InChI=1S/C6H13NO2/c1-4-5(2)6(8)7-9-3/h5H,4H2,1-3H3,(H,7,8). The van der Waals surface area contributed by atoms with Gasteiger partial charge in [0.2, 0.25) is 5.91 Å². The van der Waals surface area contributed by atoms with Gasteiger partial charge in [0.1, 0.15) is 0 Å². The molecule has 9 heavy (non-hydrogen) atoms. The molecule has 1 unspecified atom stereocenters. The summed E-state index contributed by atoms with van der Waals surface area (Å²) in [5, 5.41) is 0. The first-order valence-electron chi connectivity index (χ1n) is 3.05. The molecule has 0 aromatic carbocycles. The molecule has 0 spiro atoms. The van der Waals surface area contributed by atoms with Gasteiger partial charge in [-0.25, -0.2) is 5.48 Å². The summed E-state index contributed by atoms with van der Waals surface area (Å²) in [6.45, 7) is 3.81. The minimum atomic E-state index is -0.0556. The summed E-state index contributed by atoms with van der Waals surface area (Å²) < 4.78 is 0. The molecule has 0 saturated carbocycles. The second-order valence-corrected chi connectivity index (χ2v) is 1.98. The quantitative estimate of drug-likeness (QED) is 0.573. The molecule has 1 atom stereocenters. The maximum atomic E-state index is 10.7. The van der Waals surface area contributed by atoms with Crippen LogP contribution in [-0.2, 0) is 9.63 Å². The van der Waals surface area contributed by atoms with Crippen molar-refractivity contribution in [2.75, 3.05) is 7.11 Å². The van der Waals surface area contributed by atoms with Crippen LogP contribution in [-0.4, -0.2) is 13.0 Å². The predicted octanol–water partition coefficient (Wildman–Crippen LogP) is 0.710. The van der Waals surface area contributed by atoms with Crippen molar-refractivity contribution in [3.8, 4) is 0 Å². The van der Waals surface area contributed by atoms with Gasteiger partial charge in [-0.1, -0.05) is 13.8 Å². The molecule has 54 valence electrons. The third kappa shape index (κ3) is 3.08. The van der Waals surface area contributed by atoms with E-state index in [4.69, 9.17) is 0 Å². The second kappa shape index (κ2) is 4.32. The molecular weight excluding hydrogens is 118 g/mol. The maximum Gasteiger partial charge on any atom is 0.246 e. The predicted molar refractivity (Wildman–Crippen MR) is 34.6 cm³/mol. The average molecular weight is 131 g/mol. The van der Waals surface area contributed by atoms with E-state index in [1.54, 1.807) is 0 Å². The van der Waals surface area contributed by atoms with Crippen LogP contribution >= 0.6 is 0 Å². The number of hydroxylamine groups is 1. The summed E-state index contributed by atoms with van der Waals surface area (Å²) in [5.74, 6) is -0.00931. The number of amides is 1. The monoisotopic (exact) mass is 131 g/mol. The lowest BCUT2D eigenvalue weighted by atomic mass is 10.1. The molecule has 3 nitrogen and oxygen atoms in total. The second-order valence-electron chi connectivity index (χ2n) is 1.98. The van der Waals surface area contributed by atoms with E-state index >= 15 is 0 Å². The van der Waals surface area contributed by atoms with Crippen LogP contribution in [0.25, 0.3) is 0 Å². The van der Waals surface area contributed by atoms with E-state index in [0.717, 1.165) is 6.42 Å². The van der Waals surface area contributed by atoms with Gasteiger partial charge in [-0.15, -0.1) is 0 Å². The van der Waals surface area contributed by atoms with Crippen LogP contribution in [0.4, 0.5) is 0 Å². The van der Waals surface area contributed by atoms with Gasteiger partial charge in [-0.2, -0.15) is 0 Å². The highest BCUT2D eigenvalue weighted by atomic mass is 16.6. The van der Waals surface area contributed by atoms with Gasteiger partial charge in [0, 0.05) is 5.92 Å². The number of carbonyl (C=O) groups excluding carboxylic acids is 1. The number of nitrogens with one attached hydrogen (secondary N) is 1. The highest BCUT2D eigenvalue weighted by molar-refractivity contribution is 5.76. The number of carbonyl (C=O) groups is 1. The van der Waals surface area contributed by atoms with Crippen LogP contribution in [0.15, 0.2) is 0 Å². The Morgan fingerprint density at radius 2 is 2.33 bits per heavy atom. The van der Waals surface area contributed by atoms with Gasteiger partial charge in [0.05, 0.1) is 7.11 Å². The minimum Gasteiger partial charge on any atom is -0.277 e. The van der Waals surface area contributed by atoms with Crippen LogP contribution in [0, 0.1) is 5.92 Å². The van der Waals surface area contributed by atoms with Crippen molar-refractivity contribution in [2.24, 2.45) is 5.92 Å². The van der Waals surface area contributed by atoms with Crippen LogP contribution in [0.3, 0.4) is 0 Å². The third-order valence-electron chi connectivity index (χ3n) is 1.26. The summed E-state index contributed by atoms with van der Waals surface area (Å²) in [5.41, 5.74) is 2.26. The van der Waals surface area contributed by atoms with Gasteiger partial charge in [-0.05, 0) is 6.42 Å². The van der Waals surface area contributed by atoms with Crippen molar-refractivity contribution in [2.45, 2.75) is 20.3 Å². The lowest BCUT2D eigenvalue weighted by molar-refractivity contribution is -0.135. The van der Waals surface area contributed by atoms with E-state index in [2.05, 4.69) is 10.3 Å². The first-order valence-corrected chi connectivity index (χ1v) is 3.05. The van der Waals surface area contributed by atoms with Crippen molar-refractivity contribution in [3.05, 3.63) is 0 Å². The smallest absolute Gasteiger partial charge is 0.246 e. The number of rotatable bonds is 3. The molecule has 0 heterocycles. The molecule has 0 aromatic rings. The van der Waals surface area contributed by atoms with Gasteiger partial charge in [0.25, 0.3) is 0 Å². The summed E-state index contributed by atoms with van der Waals surface area (Å²) >= 11 is 0. The van der Waals surface area contributed by atoms with Crippen LogP contribution < -0.4 is 5.48 Å². The van der Waals surface area contributed by atoms with Gasteiger partial charge >= 0.3 is 0 Å². The number of hydrogen-bond acceptors (Lipinski definition) is 2. The Labute approximate surface area is 55.3 Å². The highest BCUT2D eigenvalue weighted by Gasteiger charge is 2.07. The van der Waals surface area contributed by atoms with Crippen molar-refractivity contribution in [3.63, 3.8) is 0 Å². The normalized spacial score (nSPS) is 12.8. The van der Waals surface area contributed by atoms with Crippen molar-refractivity contribution in [1.29, 1.82) is 0 Å². The molecule has 0 rings (SSSR count). The molecule has 0 aliphatic carbocycles. The fourth-order valence-corrected chi connectivity index (χ4v) is 0.387. The summed E-state index contributed by atoms with van der Waals surface area (Å²) in [6.07, 6.45) is 0.842. The Morgan fingerprint density at radius 3 is 2.67 bits per heavy atom. The summed E-state index contributed by atoms with van der Waals surface area (Å²) in [6, 6.07) is 0. The Kier molecular flexibility index (Phi) is 4.05. The van der Waals surface area contributed by atoms with Crippen molar-refractivity contribution < 1.29 is 9.63 Å². The van der Waals surface area contributed by atoms with E-state index in [9.17, 15) is 4.79 Å². The lowest BCUT2D eigenvalue weighted by Gasteiger charge is -2.05. The molecule has 0 radical (unpaired) electrons. The molecule has 0 saturated heterocycles. The van der Waals surface area contributed by atoms with E-state index < -0.39 is 0 Å². The molecule has 0 aliphatic rings. The Balaban J connectivity index is 3.46. The third-order valence-corrected chi connectivity index (χ3v) is 1.26. The lowest BCUT2D eigenvalue weighted by Crippen LogP contribution is -2.27. The molecule has 1 amide bonds. The zero-order valence-corrected chi connectivity index (χ0v) is 6.10. The van der Waals surface area contributed by atoms with Crippen molar-refractivity contribution >= 4 is 5.91 Å². The first-order chi connectivity index (χ1) is 4.22.